The number of fused-ring (bicyclic) bond motifs is 1. The van der Waals surface area contributed by atoms with Gasteiger partial charge in [0.15, 0.2) is 22.3 Å². The molecule has 198 valence electrons. The molecule has 3 heterocycles. The zero-order valence-electron chi connectivity index (χ0n) is 21.2. The summed E-state index contributed by atoms with van der Waals surface area (Å²) in [6, 6.07) is 13.8. The Hall–Kier alpha value is -3.67. The van der Waals surface area contributed by atoms with Crippen LogP contribution >= 0.6 is 0 Å². The minimum atomic E-state index is -2.14. The van der Waals surface area contributed by atoms with Gasteiger partial charge in [-0.25, -0.2) is 13.6 Å². The molecule has 1 fully saturated rings. The van der Waals surface area contributed by atoms with Gasteiger partial charge in [0.25, 0.3) is 0 Å². The number of Topliss-reactive ketones (excluding diaryl/α,β-unsaturated/α-hetero) is 1. The molecule has 0 radical (unpaired) electrons. The third kappa shape index (κ3) is 5.04. The standard InChI is InChI=1S/C27H30N6O4S/c1-17(34)23-24(19-10-12-27(35,13-11-19)16-31-38(36)37-2)32-26-21(15-30-33(26)25(23)28)20-8-9-22(29-14-20)18-6-4-3-5-7-18/h3-9,14-15,19,35,38H,10-13,16,28H2,1-2H3. The maximum Gasteiger partial charge on any atom is 0.165 e. The van der Waals surface area contributed by atoms with Crippen molar-refractivity contribution in [1.82, 2.24) is 19.6 Å². The van der Waals surface area contributed by atoms with E-state index in [1.54, 1.807) is 12.4 Å². The first-order chi connectivity index (χ1) is 18.3. The van der Waals surface area contributed by atoms with Gasteiger partial charge in [-0.05, 0) is 38.7 Å². The lowest BCUT2D eigenvalue weighted by Gasteiger charge is -2.35. The second-order valence-corrected chi connectivity index (χ2v) is 10.7. The zero-order chi connectivity index (χ0) is 26.9. The number of benzene rings is 1. The molecule has 1 aliphatic carbocycles. The number of ketones is 1. The van der Waals surface area contributed by atoms with Crippen LogP contribution < -0.4 is 5.73 Å². The number of nitrogen functional groups attached to an aromatic ring is 1. The van der Waals surface area contributed by atoms with Crippen LogP contribution in [-0.4, -0.2) is 53.9 Å². The fraction of sp³-hybridized carbons (Fsp3) is 0.333. The first kappa shape index (κ1) is 26.0. The highest BCUT2D eigenvalue weighted by molar-refractivity contribution is 7.69. The van der Waals surface area contributed by atoms with Crippen LogP contribution in [0, 0.1) is 0 Å². The number of hydrogen-bond acceptors (Lipinski definition) is 9. The summed E-state index contributed by atoms with van der Waals surface area (Å²) in [6.45, 7) is 1.51. The van der Waals surface area contributed by atoms with E-state index in [4.69, 9.17) is 14.9 Å². The van der Waals surface area contributed by atoms with E-state index in [2.05, 4.69) is 14.4 Å². The highest BCUT2D eigenvalue weighted by Crippen LogP contribution is 2.40. The minimum absolute atomic E-state index is 0.0374. The predicted octanol–water partition coefficient (Wildman–Crippen LogP) is 3.86. The summed E-state index contributed by atoms with van der Waals surface area (Å²) < 4.78 is 21.7. The van der Waals surface area contributed by atoms with Gasteiger partial charge in [-0.1, -0.05) is 36.4 Å². The van der Waals surface area contributed by atoms with E-state index in [0.717, 1.165) is 22.4 Å². The molecule has 3 aromatic heterocycles. The second kappa shape index (κ2) is 10.6. The summed E-state index contributed by atoms with van der Waals surface area (Å²) in [6.07, 6.45) is 5.48. The van der Waals surface area contributed by atoms with E-state index in [1.165, 1.54) is 18.5 Å². The van der Waals surface area contributed by atoms with Gasteiger partial charge in [0.2, 0.25) is 0 Å². The first-order valence-corrected chi connectivity index (χ1v) is 13.5. The molecule has 0 spiro atoms. The molecule has 0 amide bonds. The van der Waals surface area contributed by atoms with Crippen molar-refractivity contribution in [2.75, 3.05) is 19.4 Å². The number of aliphatic hydroxyl groups is 1. The van der Waals surface area contributed by atoms with Gasteiger partial charge in [-0.3, -0.25) is 14.0 Å². The number of carbonyl (C=O) groups excluding carboxylic acids is 1. The van der Waals surface area contributed by atoms with Crippen LogP contribution in [0.15, 0.2) is 59.2 Å². The summed E-state index contributed by atoms with van der Waals surface area (Å²) >= 11 is 0. The molecule has 0 aliphatic heterocycles. The summed E-state index contributed by atoms with van der Waals surface area (Å²) in [5.41, 5.74) is 10.4. The molecule has 10 nitrogen and oxygen atoms in total. The second-order valence-electron chi connectivity index (χ2n) is 9.62. The molecule has 0 saturated heterocycles. The minimum Gasteiger partial charge on any atom is -0.388 e. The van der Waals surface area contributed by atoms with Gasteiger partial charge in [0.1, 0.15) is 5.82 Å². The van der Waals surface area contributed by atoms with Gasteiger partial charge in [-0.2, -0.15) is 9.61 Å². The Bertz CT molecular complexity index is 1550. The number of pyridine rings is 1. The number of thiol groups is 1. The molecule has 0 bridgehead atoms. The number of hydrogen-bond donors (Lipinski definition) is 3. The third-order valence-electron chi connectivity index (χ3n) is 7.15. The lowest BCUT2D eigenvalue weighted by molar-refractivity contribution is 0.00802. The average molecular weight is 535 g/mol. The third-order valence-corrected chi connectivity index (χ3v) is 7.83. The van der Waals surface area contributed by atoms with E-state index in [-0.39, 0.29) is 24.1 Å². The lowest BCUT2D eigenvalue weighted by atomic mass is 9.76. The van der Waals surface area contributed by atoms with Crippen molar-refractivity contribution in [1.29, 1.82) is 0 Å². The largest absolute Gasteiger partial charge is 0.388 e. The smallest absolute Gasteiger partial charge is 0.165 e. The number of anilines is 1. The van der Waals surface area contributed by atoms with Gasteiger partial charge in [0, 0.05) is 28.8 Å². The molecule has 38 heavy (non-hydrogen) atoms. The van der Waals surface area contributed by atoms with E-state index < -0.39 is 16.5 Å². The highest BCUT2D eigenvalue weighted by atomic mass is 32.2. The van der Waals surface area contributed by atoms with Crippen LogP contribution in [0.3, 0.4) is 0 Å². The lowest BCUT2D eigenvalue weighted by Crippen LogP contribution is -2.37. The van der Waals surface area contributed by atoms with Crippen LogP contribution in [0.1, 0.15) is 54.6 Å². The number of nitrogens with two attached hydrogens (primary N) is 1. The van der Waals surface area contributed by atoms with Crippen molar-refractivity contribution in [2.24, 2.45) is 4.36 Å². The van der Waals surface area contributed by atoms with Gasteiger partial charge in [-0.15, -0.1) is 0 Å². The summed E-state index contributed by atoms with van der Waals surface area (Å²) in [5, 5.41) is 15.4. The average Bonchev–Trinajstić information content (AvgIpc) is 3.37. The van der Waals surface area contributed by atoms with Crippen LogP contribution in [0.4, 0.5) is 5.82 Å². The Morgan fingerprint density at radius 2 is 1.92 bits per heavy atom. The van der Waals surface area contributed by atoms with Crippen LogP contribution in [-0.2, 0) is 15.1 Å². The molecule has 11 heteroatoms. The molecule has 1 saturated carbocycles. The van der Waals surface area contributed by atoms with Crippen LogP contribution in [0.25, 0.3) is 28.0 Å². The first-order valence-electron chi connectivity index (χ1n) is 12.4. The number of nitrogens with zero attached hydrogens (tertiary/aromatic N) is 5. The van der Waals surface area contributed by atoms with Gasteiger partial charge in [0.05, 0.1) is 42.4 Å². The van der Waals surface area contributed by atoms with Gasteiger partial charge < -0.3 is 10.8 Å². The topological polar surface area (TPSA) is 145 Å². The summed E-state index contributed by atoms with van der Waals surface area (Å²) in [5.74, 6) is -0.0321. The summed E-state index contributed by atoms with van der Waals surface area (Å²) in [7, 11) is -0.821. The van der Waals surface area contributed by atoms with Crippen LogP contribution in [0.2, 0.25) is 0 Å². The summed E-state index contributed by atoms with van der Waals surface area (Å²) in [4.78, 5) is 22.2. The molecule has 1 atom stereocenters. The van der Waals surface area contributed by atoms with Crippen molar-refractivity contribution in [2.45, 2.75) is 44.1 Å². The quantitative estimate of drug-likeness (QED) is 0.239. The van der Waals surface area contributed by atoms with Crippen LogP contribution in [0.5, 0.6) is 0 Å². The molecular weight excluding hydrogens is 504 g/mol. The van der Waals surface area contributed by atoms with E-state index in [1.807, 2.05) is 42.5 Å². The fourth-order valence-electron chi connectivity index (χ4n) is 5.06. The Morgan fingerprint density at radius 3 is 2.55 bits per heavy atom. The Balaban J connectivity index is 1.49. The van der Waals surface area contributed by atoms with E-state index in [9.17, 15) is 14.1 Å². The number of carbonyl (C=O) groups is 1. The Morgan fingerprint density at radius 1 is 1.18 bits per heavy atom. The predicted molar refractivity (Wildman–Crippen MR) is 146 cm³/mol. The van der Waals surface area contributed by atoms with Crippen molar-refractivity contribution < 1.29 is 18.3 Å². The molecule has 1 unspecified atom stereocenters. The Kier molecular flexibility index (Phi) is 7.24. The van der Waals surface area contributed by atoms with E-state index in [0.29, 0.717) is 42.6 Å². The number of aromatic nitrogens is 4. The monoisotopic (exact) mass is 534 g/mol. The normalized spacial score (nSPS) is 20.6. The molecular formula is C27H30N6O4S. The molecule has 1 aromatic carbocycles. The van der Waals surface area contributed by atoms with E-state index >= 15 is 0 Å². The maximum absolute atomic E-state index is 12.7. The maximum atomic E-state index is 12.7. The van der Waals surface area contributed by atoms with Crippen molar-refractivity contribution in [3.05, 3.63) is 66.1 Å². The zero-order valence-corrected chi connectivity index (χ0v) is 22.1. The Labute approximate surface area is 222 Å². The fourth-order valence-corrected chi connectivity index (χ4v) is 5.55. The van der Waals surface area contributed by atoms with Gasteiger partial charge >= 0.3 is 0 Å². The van der Waals surface area contributed by atoms with Crippen molar-refractivity contribution in [3.63, 3.8) is 0 Å². The molecule has 1 aliphatic rings. The molecule has 5 rings (SSSR count). The van der Waals surface area contributed by atoms with Crippen molar-refractivity contribution >= 4 is 28.1 Å². The molecule has 4 aromatic rings. The molecule has 3 N–H and O–H groups in total. The number of rotatable bonds is 7. The SMILES string of the molecule is CO[SH](=O)=NCC1(O)CCC(c2nc3c(-c4ccc(-c5ccccc5)nc4)cnn3c(N)c2C(C)=O)CC1. The van der Waals surface area contributed by atoms with Crippen molar-refractivity contribution in [3.8, 4) is 22.4 Å². The highest BCUT2D eigenvalue weighted by Gasteiger charge is 2.36.